The van der Waals surface area contributed by atoms with Crippen LogP contribution in [0, 0.1) is 0 Å². The van der Waals surface area contributed by atoms with Crippen LogP contribution in [-0.2, 0) is 0 Å². The van der Waals surface area contributed by atoms with Gasteiger partial charge in [0.1, 0.15) is 19.4 Å². The van der Waals surface area contributed by atoms with Crippen LogP contribution in [0.15, 0.2) is 61.1 Å². The number of pyridine rings is 1. The van der Waals surface area contributed by atoms with Gasteiger partial charge < -0.3 is 15.7 Å². The molecule has 2 radical (unpaired) electrons. The van der Waals surface area contributed by atoms with Gasteiger partial charge in [0.15, 0.2) is 5.65 Å². The van der Waals surface area contributed by atoms with Crippen molar-refractivity contribution in [3.05, 3.63) is 66.6 Å². The van der Waals surface area contributed by atoms with Crippen molar-refractivity contribution >= 4 is 30.7 Å². The topological polar surface area (TPSA) is 104 Å². The zero-order chi connectivity index (χ0) is 21.6. The fraction of sp³-hybridized carbons (Fsp3) is 0.182. The Morgan fingerprint density at radius 3 is 2.74 bits per heavy atom. The summed E-state index contributed by atoms with van der Waals surface area (Å²) in [5, 5.41) is 20.7. The highest BCUT2D eigenvalue weighted by atomic mass is 16.3. The lowest BCUT2D eigenvalue weighted by molar-refractivity contribution is 0.0952. The van der Waals surface area contributed by atoms with Crippen LogP contribution in [-0.4, -0.2) is 51.5 Å². The standard InChI is InChI=1S/C22H21BN6O2/c23-17-14-27-29-20(12-18(28-21(17)29)16-7-1-2-8-19(16)30)25-10-3-4-11-26-22(31)15-6-5-9-24-13-15/h1-2,5-9,12-14,25,30H,3-4,10-11H2,(H,26,31). The number of amides is 1. The second kappa shape index (κ2) is 9.29. The molecule has 4 aromatic rings. The number of rotatable bonds is 8. The van der Waals surface area contributed by atoms with Gasteiger partial charge in [-0.15, -0.1) is 0 Å². The molecule has 4 rings (SSSR count). The second-order valence-electron chi connectivity index (χ2n) is 7.01. The third-order valence-electron chi connectivity index (χ3n) is 4.80. The van der Waals surface area contributed by atoms with Gasteiger partial charge in [-0.2, -0.15) is 9.61 Å². The molecule has 0 bridgehead atoms. The number of carbonyl (C=O) groups is 1. The number of aromatic nitrogens is 4. The van der Waals surface area contributed by atoms with E-state index in [9.17, 15) is 9.90 Å². The monoisotopic (exact) mass is 412 g/mol. The van der Waals surface area contributed by atoms with Crippen LogP contribution in [0.1, 0.15) is 23.2 Å². The first-order valence-corrected chi connectivity index (χ1v) is 9.98. The molecule has 0 aliphatic rings. The predicted molar refractivity (Wildman–Crippen MR) is 120 cm³/mol. The molecule has 0 aliphatic carbocycles. The fourth-order valence-electron chi connectivity index (χ4n) is 3.20. The van der Waals surface area contributed by atoms with Crippen LogP contribution in [0.2, 0.25) is 0 Å². The molecular weight excluding hydrogens is 391 g/mol. The van der Waals surface area contributed by atoms with E-state index >= 15 is 0 Å². The van der Waals surface area contributed by atoms with Crippen molar-refractivity contribution in [3.8, 4) is 17.0 Å². The number of benzene rings is 1. The Morgan fingerprint density at radius 2 is 1.94 bits per heavy atom. The highest BCUT2D eigenvalue weighted by Gasteiger charge is 2.12. The van der Waals surface area contributed by atoms with Crippen molar-refractivity contribution in [1.29, 1.82) is 0 Å². The molecule has 0 atom stereocenters. The molecule has 3 N–H and O–H groups in total. The third kappa shape index (κ3) is 4.66. The molecule has 8 nitrogen and oxygen atoms in total. The highest BCUT2D eigenvalue weighted by Crippen LogP contribution is 2.29. The first-order chi connectivity index (χ1) is 15.1. The molecule has 31 heavy (non-hydrogen) atoms. The molecule has 154 valence electrons. The number of hydrogen-bond acceptors (Lipinski definition) is 6. The van der Waals surface area contributed by atoms with E-state index in [1.807, 2.05) is 12.1 Å². The van der Waals surface area contributed by atoms with E-state index in [0.717, 1.165) is 18.7 Å². The number of fused-ring (bicyclic) bond motifs is 1. The molecule has 1 amide bonds. The van der Waals surface area contributed by atoms with Crippen molar-refractivity contribution in [2.45, 2.75) is 12.8 Å². The Morgan fingerprint density at radius 1 is 1.10 bits per heavy atom. The molecule has 0 fully saturated rings. The SMILES string of the molecule is [B]c1cnn2c(NCCCCNC(=O)c3cccnc3)cc(-c3ccccc3O)nc12. The minimum absolute atomic E-state index is 0.128. The Balaban J connectivity index is 1.38. The van der Waals surface area contributed by atoms with Gasteiger partial charge in [0.2, 0.25) is 0 Å². The number of phenolic OH excluding ortho intramolecular Hbond substituents is 1. The molecule has 0 aliphatic heterocycles. The van der Waals surface area contributed by atoms with Gasteiger partial charge in [-0.3, -0.25) is 9.78 Å². The predicted octanol–water partition coefficient (Wildman–Crippen LogP) is 1.91. The van der Waals surface area contributed by atoms with Crippen LogP contribution in [0.3, 0.4) is 0 Å². The van der Waals surface area contributed by atoms with Gasteiger partial charge in [-0.05, 0) is 42.6 Å². The number of nitrogens with zero attached hydrogens (tertiary/aromatic N) is 4. The Bertz CT molecular complexity index is 1200. The average Bonchev–Trinajstić information content (AvgIpc) is 3.17. The number of nitrogens with one attached hydrogen (secondary N) is 2. The fourth-order valence-corrected chi connectivity index (χ4v) is 3.20. The third-order valence-corrected chi connectivity index (χ3v) is 4.80. The first kappa shape index (κ1) is 20.4. The molecule has 1 aromatic carbocycles. The van der Waals surface area contributed by atoms with E-state index in [1.54, 1.807) is 53.4 Å². The maximum Gasteiger partial charge on any atom is 0.252 e. The molecule has 0 saturated heterocycles. The quantitative estimate of drug-likeness (QED) is 0.302. The summed E-state index contributed by atoms with van der Waals surface area (Å²) in [5.74, 6) is 0.739. The van der Waals surface area contributed by atoms with E-state index in [4.69, 9.17) is 7.85 Å². The lowest BCUT2D eigenvalue weighted by Gasteiger charge is -2.12. The molecule has 3 aromatic heterocycles. The summed E-state index contributed by atoms with van der Waals surface area (Å²) in [6, 6.07) is 12.3. The smallest absolute Gasteiger partial charge is 0.252 e. The molecular formula is C22H21BN6O2. The summed E-state index contributed by atoms with van der Waals surface area (Å²) >= 11 is 0. The minimum atomic E-state index is -0.128. The van der Waals surface area contributed by atoms with Gasteiger partial charge in [0.05, 0.1) is 11.3 Å². The lowest BCUT2D eigenvalue weighted by Crippen LogP contribution is -2.24. The summed E-state index contributed by atoms with van der Waals surface area (Å²) in [4.78, 5) is 20.5. The van der Waals surface area contributed by atoms with Crippen molar-refractivity contribution in [2.75, 3.05) is 18.4 Å². The van der Waals surface area contributed by atoms with E-state index in [2.05, 4.69) is 25.7 Å². The summed E-state index contributed by atoms with van der Waals surface area (Å²) in [7, 11) is 6.02. The summed E-state index contributed by atoms with van der Waals surface area (Å²) in [6.45, 7) is 1.24. The minimum Gasteiger partial charge on any atom is -0.507 e. The van der Waals surface area contributed by atoms with Gasteiger partial charge in [0.25, 0.3) is 5.91 Å². The van der Waals surface area contributed by atoms with E-state index in [0.29, 0.717) is 41.0 Å². The number of carbonyl (C=O) groups excluding carboxylic acids is 1. The van der Waals surface area contributed by atoms with E-state index in [1.165, 1.54) is 0 Å². The summed E-state index contributed by atoms with van der Waals surface area (Å²) in [5.41, 5.74) is 2.74. The first-order valence-electron chi connectivity index (χ1n) is 9.98. The van der Waals surface area contributed by atoms with E-state index < -0.39 is 0 Å². The zero-order valence-electron chi connectivity index (χ0n) is 16.8. The Kier molecular flexibility index (Phi) is 6.12. The Hall–Kier alpha value is -3.88. The molecule has 0 spiro atoms. The van der Waals surface area contributed by atoms with Gasteiger partial charge in [0, 0.05) is 43.3 Å². The van der Waals surface area contributed by atoms with Crippen LogP contribution in [0.5, 0.6) is 5.75 Å². The maximum absolute atomic E-state index is 12.0. The summed E-state index contributed by atoms with van der Waals surface area (Å²) in [6.07, 6.45) is 6.37. The largest absolute Gasteiger partial charge is 0.507 e. The van der Waals surface area contributed by atoms with Crippen LogP contribution in [0.25, 0.3) is 16.9 Å². The number of para-hydroxylation sites is 1. The second-order valence-corrected chi connectivity index (χ2v) is 7.01. The maximum atomic E-state index is 12.0. The number of aromatic hydroxyl groups is 1. The Labute approximate surface area is 180 Å². The molecule has 3 heterocycles. The van der Waals surface area contributed by atoms with Gasteiger partial charge in [-0.1, -0.05) is 12.1 Å². The van der Waals surface area contributed by atoms with Crippen LogP contribution in [0.4, 0.5) is 5.82 Å². The molecule has 9 heteroatoms. The number of unbranched alkanes of at least 4 members (excludes halogenated alkanes) is 1. The molecule has 0 unspecified atom stereocenters. The number of anilines is 1. The highest BCUT2D eigenvalue weighted by molar-refractivity contribution is 6.36. The van der Waals surface area contributed by atoms with Crippen molar-refractivity contribution in [1.82, 2.24) is 24.9 Å². The van der Waals surface area contributed by atoms with Crippen molar-refractivity contribution in [3.63, 3.8) is 0 Å². The number of hydrogen-bond donors (Lipinski definition) is 3. The lowest BCUT2D eigenvalue weighted by atomic mass is 10.0. The summed E-state index contributed by atoms with van der Waals surface area (Å²) < 4.78 is 1.64. The van der Waals surface area contributed by atoms with Crippen LogP contribution < -0.4 is 16.1 Å². The zero-order valence-corrected chi connectivity index (χ0v) is 16.8. The van der Waals surface area contributed by atoms with Gasteiger partial charge >= 0.3 is 0 Å². The average molecular weight is 412 g/mol. The number of phenols is 1. The van der Waals surface area contributed by atoms with Gasteiger partial charge in [-0.25, -0.2) is 4.98 Å². The molecule has 0 saturated carbocycles. The van der Waals surface area contributed by atoms with Crippen LogP contribution >= 0.6 is 0 Å². The normalized spacial score (nSPS) is 10.8. The van der Waals surface area contributed by atoms with Crippen molar-refractivity contribution < 1.29 is 9.90 Å². The van der Waals surface area contributed by atoms with E-state index in [-0.39, 0.29) is 11.7 Å². The van der Waals surface area contributed by atoms with Crippen molar-refractivity contribution in [2.24, 2.45) is 0 Å².